The van der Waals surface area contributed by atoms with Crippen molar-refractivity contribution in [2.24, 2.45) is 23.7 Å². The van der Waals surface area contributed by atoms with Crippen molar-refractivity contribution in [1.29, 1.82) is 0 Å². The molecule has 3 fully saturated rings. The maximum absolute atomic E-state index is 12.0. The molecular weight excluding hydrogens is 248 g/mol. The summed E-state index contributed by atoms with van der Waals surface area (Å²) in [6.45, 7) is 0. The van der Waals surface area contributed by atoms with Crippen molar-refractivity contribution in [3.8, 4) is 0 Å². The molecule has 1 heterocycles. The van der Waals surface area contributed by atoms with Gasteiger partial charge in [-0.2, -0.15) is 0 Å². The van der Waals surface area contributed by atoms with Crippen LogP contribution in [0.5, 0.6) is 0 Å². The van der Waals surface area contributed by atoms with Gasteiger partial charge in [0.15, 0.2) is 9.84 Å². The average Bonchev–Trinajstić information content (AvgIpc) is 2.93. The van der Waals surface area contributed by atoms with Crippen LogP contribution in [0.25, 0.3) is 0 Å². The van der Waals surface area contributed by atoms with Crippen LogP contribution in [0.2, 0.25) is 0 Å². The van der Waals surface area contributed by atoms with Gasteiger partial charge in [0.05, 0.1) is 11.5 Å². The number of hydrogen-bond donors (Lipinski definition) is 0. The molecular formula is C14H22O3S. The third kappa shape index (κ3) is 2.63. The molecule has 2 saturated carbocycles. The van der Waals surface area contributed by atoms with Crippen LogP contribution in [0, 0.1) is 23.7 Å². The van der Waals surface area contributed by atoms with Crippen molar-refractivity contribution < 1.29 is 13.2 Å². The van der Waals surface area contributed by atoms with Gasteiger partial charge in [-0.1, -0.05) is 6.42 Å². The highest BCUT2D eigenvalue weighted by Gasteiger charge is 2.40. The molecule has 2 aliphatic carbocycles. The molecule has 3 nitrogen and oxygen atoms in total. The first-order valence-corrected chi connectivity index (χ1v) is 9.06. The summed E-state index contributed by atoms with van der Waals surface area (Å²) in [5.74, 6) is 3.27. The van der Waals surface area contributed by atoms with Gasteiger partial charge in [0.1, 0.15) is 5.78 Å². The Morgan fingerprint density at radius 3 is 2.44 bits per heavy atom. The Bertz CT molecular complexity index is 440. The van der Waals surface area contributed by atoms with E-state index in [1.165, 1.54) is 25.7 Å². The minimum atomic E-state index is -2.83. The van der Waals surface area contributed by atoms with Crippen LogP contribution in [0.15, 0.2) is 0 Å². The standard InChI is InChI=1S/C14H22O3S/c15-14(7-11-3-4-18(16,17)9-11)8-13-6-10-1-2-12(13)5-10/h10-13H,1-9H2. The van der Waals surface area contributed by atoms with Gasteiger partial charge in [-0.05, 0) is 49.4 Å². The van der Waals surface area contributed by atoms with Gasteiger partial charge in [0.25, 0.3) is 0 Å². The minimum absolute atomic E-state index is 0.112. The van der Waals surface area contributed by atoms with Crippen molar-refractivity contribution in [2.45, 2.75) is 44.9 Å². The predicted molar refractivity (Wildman–Crippen MR) is 69.9 cm³/mol. The molecule has 4 heteroatoms. The van der Waals surface area contributed by atoms with E-state index in [0.29, 0.717) is 30.3 Å². The zero-order valence-corrected chi connectivity index (χ0v) is 11.6. The second-order valence-corrected chi connectivity index (χ2v) is 8.88. The maximum Gasteiger partial charge on any atom is 0.150 e. The summed E-state index contributed by atoms with van der Waals surface area (Å²) in [7, 11) is -2.83. The van der Waals surface area contributed by atoms with Gasteiger partial charge in [-0.15, -0.1) is 0 Å². The fraction of sp³-hybridized carbons (Fsp3) is 0.929. The molecule has 0 aromatic heterocycles. The van der Waals surface area contributed by atoms with Crippen molar-refractivity contribution in [3.63, 3.8) is 0 Å². The molecule has 0 aromatic carbocycles. The second kappa shape index (κ2) is 4.62. The Labute approximate surface area is 109 Å². The third-order valence-corrected chi connectivity index (χ3v) is 7.05. The minimum Gasteiger partial charge on any atom is -0.300 e. The Kier molecular flexibility index (Phi) is 3.25. The van der Waals surface area contributed by atoms with E-state index >= 15 is 0 Å². The van der Waals surface area contributed by atoms with Gasteiger partial charge >= 0.3 is 0 Å². The second-order valence-electron chi connectivity index (χ2n) is 6.65. The largest absolute Gasteiger partial charge is 0.300 e. The molecule has 1 saturated heterocycles. The Morgan fingerprint density at radius 2 is 1.89 bits per heavy atom. The highest BCUT2D eigenvalue weighted by Crippen LogP contribution is 2.49. The number of rotatable bonds is 4. The number of carbonyl (C=O) groups is 1. The molecule has 1 aliphatic heterocycles. The molecule has 0 N–H and O–H groups in total. The van der Waals surface area contributed by atoms with Crippen LogP contribution in [-0.4, -0.2) is 25.7 Å². The summed E-state index contributed by atoms with van der Waals surface area (Å²) in [6.07, 6.45) is 7.21. The summed E-state index contributed by atoms with van der Waals surface area (Å²) in [5, 5.41) is 0. The third-order valence-electron chi connectivity index (χ3n) is 5.22. The number of sulfone groups is 1. The molecule has 4 unspecified atom stereocenters. The van der Waals surface area contributed by atoms with Gasteiger partial charge in [0.2, 0.25) is 0 Å². The Morgan fingerprint density at radius 1 is 1.06 bits per heavy atom. The predicted octanol–water partition coefficient (Wildman–Crippen LogP) is 2.21. The number of hydrogen-bond acceptors (Lipinski definition) is 3. The van der Waals surface area contributed by atoms with Gasteiger partial charge in [-0.25, -0.2) is 8.42 Å². The van der Waals surface area contributed by atoms with Gasteiger partial charge in [-0.3, -0.25) is 4.79 Å². The lowest BCUT2D eigenvalue weighted by Crippen LogP contribution is -2.17. The summed E-state index contributed by atoms with van der Waals surface area (Å²) in [6, 6.07) is 0. The van der Waals surface area contributed by atoms with Crippen LogP contribution < -0.4 is 0 Å². The molecule has 0 spiro atoms. The van der Waals surface area contributed by atoms with E-state index in [0.717, 1.165) is 18.3 Å². The maximum atomic E-state index is 12.0. The summed E-state index contributed by atoms with van der Waals surface area (Å²) in [5.41, 5.74) is 0. The highest BCUT2D eigenvalue weighted by atomic mass is 32.2. The summed E-state index contributed by atoms with van der Waals surface area (Å²) >= 11 is 0. The van der Waals surface area contributed by atoms with Crippen LogP contribution in [0.1, 0.15) is 44.9 Å². The fourth-order valence-electron chi connectivity index (χ4n) is 4.36. The first-order chi connectivity index (χ1) is 8.52. The molecule has 4 atom stereocenters. The smallest absolute Gasteiger partial charge is 0.150 e. The fourth-order valence-corrected chi connectivity index (χ4v) is 6.22. The highest BCUT2D eigenvalue weighted by molar-refractivity contribution is 7.91. The number of carbonyl (C=O) groups excluding carboxylic acids is 1. The first kappa shape index (κ1) is 12.6. The molecule has 0 amide bonds. The van der Waals surface area contributed by atoms with E-state index < -0.39 is 9.84 Å². The topological polar surface area (TPSA) is 51.2 Å². The molecule has 0 radical (unpaired) electrons. The van der Waals surface area contributed by atoms with E-state index in [1.807, 2.05) is 0 Å². The summed E-state index contributed by atoms with van der Waals surface area (Å²) < 4.78 is 22.7. The lowest BCUT2D eigenvalue weighted by Gasteiger charge is -2.21. The van der Waals surface area contributed by atoms with Crippen molar-refractivity contribution in [3.05, 3.63) is 0 Å². The lowest BCUT2D eigenvalue weighted by molar-refractivity contribution is -0.121. The van der Waals surface area contributed by atoms with Crippen LogP contribution in [-0.2, 0) is 14.6 Å². The normalized spacial score (nSPS) is 41.3. The molecule has 3 aliphatic rings. The number of ketones is 1. The van der Waals surface area contributed by atoms with E-state index in [9.17, 15) is 13.2 Å². The van der Waals surface area contributed by atoms with Gasteiger partial charge in [0, 0.05) is 12.8 Å². The number of fused-ring (bicyclic) bond motifs is 2. The Hall–Kier alpha value is -0.380. The zero-order valence-electron chi connectivity index (χ0n) is 10.8. The van der Waals surface area contributed by atoms with Crippen molar-refractivity contribution in [2.75, 3.05) is 11.5 Å². The average molecular weight is 270 g/mol. The first-order valence-electron chi connectivity index (χ1n) is 7.24. The van der Waals surface area contributed by atoms with Crippen LogP contribution >= 0.6 is 0 Å². The lowest BCUT2D eigenvalue weighted by atomic mass is 9.84. The van der Waals surface area contributed by atoms with E-state index in [4.69, 9.17) is 0 Å². The summed E-state index contributed by atoms with van der Waals surface area (Å²) in [4.78, 5) is 12.0. The molecule has 102 valence electrons. The molecule has 3 rings (SSSR count). The Balaban J connectivity index is 1.48. The molecule has 2 bridgehead atoms. The number of Topliss-reactive ketones (excluding diaryl/α,β-unsaturated/α-hetero) is 1. The molecule has 18 heavy (non-hydrogen) atoms. The molecule has 0 aromatic rings. The van der Waals surface area contributed by atoms with Crippen molar-refractivity contribution in [1.82, 2.24) is 0 Å². The van der Waals surface area contributed by atoms with E-state index in [2.05, 4.69) is 0 Å². The van der Waals surface area contributed by atoms with E-state index in [-0.39, 0.29) is 11.7 Å². The van der Waals surface area contributed by atoms with Crippen molar-refractivity contribution >= 4 is 15.6 Å². The zero-order chi connectivity index (χ0) is 12.8. The van der Waals surface area contributed by atoms with Crippen LogP contribution in [0.3, 0.4) is 0 Å². The van der Waals surface area contributed by atoms with Crippen LogP contribution in [0.4, 0.5) is 0 Å². The SMILES string of the molecule is O=C(CC1CCS(=O)(=O)C1)CC1CC2CCC1C2. The quantitative estimate of drug-likeness (QED) is 0.787. The van der Waals surface area contributed by atoms with Gasteiger partial charge < -0.3 is 0 Å². The monoisotopic (exact) mass is 270 g/mol. The van der Waals surface area contributed by atoms with E-state index in [1.54, 1.807) is 0 Å².